The minimum absolute atomic E-state index is 0.000150. The Bertz CT molecular complexity index is 1020. The molecule has 134 valence electrons. The number of H-pyrrole nitrogens is 1. The molecule has 7 nitrogen and oxygen atoms in total. The standard InChI is InChI=1S/C18H18FN5O2/c1-11-21-18-20-10-14(17(26)24(18)22-11)16(25)23-9-3-2-4-15(23)12-5-7-13(19)8-6-12/h5-8,10,15H,2-4,9H2,1H3,(H,20,21,22)/t15-/m1/s1. The van der Waals surface area contributed by atoms with Gasteiger partial charge in [-0.2, -0.15) is 9.50 Å². The maximum atomic E-state index is 13.2. The zero-order valence-electron chi connectivity index (χ0n) is 14.3. The minimum Gasteiger partial charge on any atom is -0.331 e. The van der Waals surface area contributed by atoms with Crippen LogP contribution in [0, 0.1) is 12.7 Å². The Balaban J connectivity index is 1.72. The number of halogens is 1. The highest BCUT2D eigenvalue weighted by atomic mass is 19.1. The Morgan fingerprint density at radius 3 is 2.81 bits per heavy atom. The molecule has 3 heterocycles. The van der Waals surface area contributed by atoms with Crippen LogP contribution in [0.25, 0.3) is 5.78 Å². The lowest BCUT2D eigenvalue weighted by molar-refractivity contribution is 0.0609. The number of nitrogens with one attached hydrogen (secondary N) is 1. The summed E-state index contributed by atoms with van der Waals surface area (Å²) in [6.07, 6.45) is 3.90. The monoisotopic (exact) mass is 355 g/mol. The lowest BCUT2D eigenvalue weighted by Gasteiger charge is -2.36. The van der Waals surface area contributed by atoms with E-state index in [1.807, 2.05) is 0 Å². The van der Waals surface area contributed by atoms with Crippen LogP contribution in [0.15, 0.2) is 35.3 Å². The van der Waals surface area contributed by atoms with Crippen LogP contribution in [0.2, 0.25) is 0 Å². The minimum atomic E-state index is -0.468. The van der Waals surface area contributed by atoms with E-state index in [2.05, 4.69) is 15.1 Å². The van der Waals surface area contributed by atoms with Gasteiger partial charge < -0.3 is 4.90 Å². The molecule has 0 spiro atoms. The van der Waals surface area contributed by atoms with Gasteiger partial charge in [0.15, 0.2) is 0 Å². The van der Waals surface area contributed by atoms with Crippen LogP contribution in [0.1, 0.15) is 47.1 Å². The molecule has 8 heteroatoms. The zero-order chi connectivity index (χ0) is 18.3. The third kappa shape index (κ3) is 2.77. The molecular formula is C18H18FN5O2. The van der Waals surface area contributed by atoms with Crippen LogP contribution >= 0.6 is 0 Å². The van der Waals surface area contributed by atoms with Crippen molar-refractivity contribution in [3.8, 4) is 0 Å². The molecule has 1 aliphatic rings. The quantitative estimate of drug-likeness (QED) is 0.764. The molecule has 0 radical (unpaired) electrons. The summed E-state index contributed by atoms with van der Waals surface area (Å²) in [6, 6.07) is 5.99. The molecule has 4 rings (SSSR count). The van der Waals surface area contributed by atoms with E-state index in [0.717, 1.165) is 24.8 Å². The van der Waals surface area contributed by atoms with Crippen molar-refractivity contribution in [3.63, 3.8) is 0 Å². The smallest absolute Gasteiger partial charge is 0.286 e. The number of piperidine rings is 1. The van der Waals surface area contributed by atoms with E-state index in [0.29, 0.717) is 12.4 Å². The Hall–Kier alpha value is -3.03. The number of likely N-dealkylation sites (tertiary alicyclic amines) is 1. The van der Waals surface area contributed by atoms with Gasteiger partial charge in [-0.05, 0) is 43.9 Å². The Kier molecular flexibility index (Phi) is 4.02. The first-order chi connectivity index (χ1) is 12.5. The second kappa shape index (κ2) is 6.36. The number of nitrogens with zero attached hydrogens (tertiary/aromatic N) is 4. The number of carbonyl (C=O) groups is 1. The molecule has 1 aromatic carbocycles. The summed E-state index contributed by atoms with van der Waals surface area (Å²) >= 11 is 0. The van der Waals surface area contributed by atoms with Crippen LogP contribution < -0.4 is 5.56 Å². The van der Waals surface area contributed by atoms with Crippen molar-refractivity contribution in [2.24, 2.45) is 0 Å². The SMILES string of the molecule is Cc1nc2ncc(C(=O)N3CCCC[C@@H]3c3ccc(F)cc3)c(=O)n2[nH]1. The predicted molar refractivity (Wildman–Crippen MR) is 92.4 cm³/mol. The summed E-state index contributed by atoms with van der Waals surface area (Å²) in [6.45, 7) is 2.26. The largest absolute Gasteiger partial charge is 0.331 e. The molecular weight excluding hydrogens is 337 g/mol. The maximum absolute atomic E-state index is 13.2. The molecule has 0 saturated carbocycles. The molecule has 26 heavy (non-hydrogen) atoms. The summed E-state index contributed by atoms with van der Waals surface area (Å²) < 4.78 is 14.4. The van der Waals surface area contributed by atoms with Crippen molar-refractivity contribution in [3.05, 3.63) is 63.6 Å². The Labute approximate surface area is 148 Å². The number of aromatic nitrogens is 4. The van der Waals surface area contributed by atoms with Gasteiger partial charge in [0.25, 0.3) is 17.2 Å². The van der Waals surface area contributed by atoms with E-state index in [9.17, 15) is 14.0 Å². The van der Waals surface area contributed by atoms with E-state index in [4.69, 9.17) is 0 Å². The fourth-order valence-electron chi connectivity index (χ4n) is 3.47. The lowest BCUT2D eigenvalue weighted by atomic mass is 9.94. The van der Waals surface area contributed by atoms with Gasteiger partial charge in [-0.15, -0.1) is 0 Å². The van der Waals surface area contributed by atoms with Crippen LogP contribution in [-0.4, -0.2) is 36.9 Å². The van der Waals surface area contributed by atoms with Crippen molar-refractivity contribution in [2.45, 2.75) is 32.2 Å². The molecule has 0 aliphatic carbocycles. The molecule has 3 aromatic rings. The van der Waals surface area contributed by atoms with E-state index in [1.165, 1.54) is 22.8 Å². The molecule has 1 amide bonds. The van der Waals surface area contributed by atoms with Crippen LogP contribution in [0.3, 0.4) is 0 Å². The molecule has 1 saturated heterocycles. The van der Waals surface area contributed by atoms with Crippen molar-refractivity contribution in [1.29, 1.82) is 0 Å². The number of hydrogen-bond acceptors (Lipinski definition) is 4. The van der Waals surface area contributed by atoms with Gasteiger partial charge in [0.1, 0.15) is 17.2 Å². The topological polar surface area (TPSA) is 83.4 Å². The van der Waals surface area contributed by atoms with Crippen molar-refractivity contribution in [2.75, 3.05) is 6.54 Å². The molecule has 1 atom stereocenters. The average Bonchev–Trinajstić information content (AvgIpc) is 3.04. The van der Waals surface area contributed by atoms with Crippen LogP contribution in [-0.2, 0) is 0 Å². The second-order valence-corrected chi connectivity index (χ2v) is 6.48. The zero-order valence-corrected chi connectivity index (χ0v) is 14.3. The number of benzene rings is 1. The summed E-state index contributed by atoms with van der Waals surface area (Å²) in [5.41, 5.74) is 0.398. The molecule has 1 fully saturated rings. The van der Waals surface area contributed by atoms with E-state index in [1.54, 1.807) is 24.0 Å². The second-order valence-electron chi connectivity index (χ2n) is 6.48. The van der Waals surface area contributed by atoms with Crippen molar-refractivity contribution >= 4 is 11.7 Å². The molecule has 0 bridgehead atoms. The number of hydrogen-bond donors (Lipinski definition) is 1. The highest BCUT2D eigenvalue weighted by molar-refractivity contribution is 5.94. The first kappa shape index (κ1) is 16.4. The van der Waals surface area contributed by atoms with Gasteiger partial charge in [0, 0.05) is 12.7 Å². The first-order valence-electron chi connectivity index (χ1n) is 8.55. The molecule has 0 unspecified atom stereocenters. The first-order valence-corrected chi connectivity index (χ1v) is 8.55. The van der Waals surface area contributed by atoms with Crippen molar-refractivity contribution < 1.29 is 9.18 Å². The van der Waals surface area contributed by atoms with Crippen LogP contribution in [0.4, 0.5) is 4.39 Å². The Morgan fingerprint density at radius 1 is 1.27 bits per heavy atom. The van der Waals surface area contributed by atoms with E-state index in [-0.39, 0.29) is 29.1 Å². The third-order valence-corrected chi connectivity index (χ3v) is 4.73. The van der Waals surface area contributed by atoms with Gasteiger partial charge in [0.05, 0.1) is 6.04 Å². The van der Waals surface area contributed by atoms with E-state index < -0.39 is 5.56 Å². The fraction of sp³-hybridized carbons (Fsp3) is 0.333. The molecule has 1 aliphatic heterocycles. The molecule has 1 N–H and O–H groups in total. The maximum Gasteiger partial charge on any atom is 0.286 e. The highest BCUT2D eigenvalue weighted by Gasteiger charge is 2.30. The Morgan fingerprint density at radius 2 is 2.04 bits per heavy atom. The molecule has 2 aromatic heterocycles. The van der Waals surface area contributed by atoms with Gasteiger partial charge in [0.2, 0.25) is 0 Å². The number of carbonyl (C=O) groups excluding carboxylic acids is 1. The number of fused-ring (bicyclic) bond motifs is 1. The van der Waals surface area contributed by atoms with Crippen molar-refractivity contribution in [1.82, 2.24) is 24.5 Å². The van der Waals surface area contributed by atoms with Gasteiger partial charge >= 0.3 is 0 Å². The summed E-state index contributed by atoms with van der Waals surface area (Å²) in [5.74, 6) is 0.0993. The summed E-state index contributed by atoms with van der Waals surface area (Å²) in [4.78, 5) is 35.6. The van der Waals surface area contributed by atoms with E-state index >= 15 is 0 Å². The summed E-state index contributed by atoms with van der Waals surface area (Å²) in [5, 5.41) is 2.79. The average molecular weight is 355 g/mol. The fourth-order valence-corrected chi connectivity index (χ4v) is 3.47. The van der Waals surface area contributed by atoms with Gasteiger partial charge in [-0.25, -0.2) is 9.37 Å². The normalized spacial score (nSPS) is 17.6. The van der Waals surface area contributed by atoms with Crippen LogP contribution in [0.5, 0.6) is 0 Å². The number of rotatable bonds is 2. The lowest BCUT2D eigenvalue weighted by Crippen LogP contribution is -2.41. The highest BCUT2D eigenvalue weighted by Crippen LogP contribution is 2.31. The van der Waals surface area contributed by atoms with Gasteiger partial charge in [-0.3, -0.25) is 14.7 Å². The third-order valence-electron chi connectivity index (χ3n) is 4.73. The number of aryl methyl sites for hydroxylation is 1. The summed E-state index contributed by atoms with van der Waals surface area (Å²) in [7, 11) is 0. The number of aromatic amines is 1. The van der Waals surface area contributed by atoms with Gasteiger partial charge in [-0.1, -0.05) is 12.1 Å². The predicted octanol–water partition coefficient (Wildman–Crippen LogP) is 2.23. The number of amides is 1.